The van der Waals surface area contributed by atoms with Crippen molar-refractivity contribution in [3.63, 3.8) is 0 Å². The number of imidazole rings is 1. The molecular formula is C16H17N3O. The first kappa shape index (κ1) is 12.7. The normalized spacial score (nSPS) is 13.6. The highest BCUT2D eigenvalue weighted by Crippen LogP contribution is 2.19. The molecular weight excluding hydrogens is 250 g/mol. The van der Waals surface area contributed by atoms with Gasteiger partial charge in [0.2, 0.25) is 0 Å². The molecule has 1 aromatic carbocycles. The summed E-state index contributed by atoms with van der Waals surface area (Å²) in [4.78, 5) is 4.48. The van der Waals surface area contributed by atoms with Crippen molar-refractivity contribution in [3.8, 4) is 11.8 Å². The second kappa shape index (κ2) is 5.79. The average molecular weight is 267 g/mol. The Bertz CT molecular complexity index is 622. The molecule has 0 saturated carbocycles. The van der Waals surface area contributed by atoms with Crippen LogP contribution < -0.4 is 4.74 Å². The zero-order valence-electron chi connectivity index (χ0n) is 11.4. The molecule has 1 aliphatic rings. The summed E-state index contributed by atoms with van der Waals surface area (Å²) in [5.41, 5.74) is 3.29. The minimum atomic E-state index is 0.620. The second-order valence-corrected chi connectivity index (χ2v) is 5.02. The molecule has 0 atom stereocenters. The van der Waals surface area contributed by atoms with E-state index in [4.69, 9.17) is 10.00 Å². The Labute approximate surface area is 118 Å². The smallest absolute Gasteiger partial charge is 0.119 e. The molecule has 0 bridgehead atoms. The molecule has 2 aromatic rings. The first-order valence-electron chi connectivity index (χ1n) is 7.02. The Morgan fingerprint density at radius 2 is 2.00 bits per heavy atom. The van der Waals surface area contributed by atoms with Crippen LogP contribution in [-0.4, -0.2) is 16.2 Å². The van der Waals surface area contributed by atoms with Gasteiger partial charge >= 0.3 is 0 Å². The maximum Gasteiger partial charge on any atom is 0.119 e. The second-order valence-electron chi connectivity index (χ2n) is 5.02. The quantitative estimate of drug-likeness (QED) is 0.855. The van der Waals surface area contributed by atoms with Gasteiger partial charge in [0.15, 0.2) is 0 Å². The molecule has 0 amide bonds. The molecule has 4 nitrogen and oxygen atoms in total. The fourth-order valence-corrected chi connectivity index (χ4v) is 2.61. The van der Waals surface area contributed by atoms with Crippen LogP contribution in [0.3, 0.4) is 0 Å². The maximum atomic E-state index is 8.74. The van der Waals surface area contributed by atoms with Crippen molar-refractivity contribution in [2.45, 2.75) is 32.2 Å². The van der Waals surface area contributed by atoms with Crippen LogP contribution in [0.5, 0.6) is 5.75 Å². The van der Waals surface area contributed by atoms with Crippen LogP contribution >= 0.6 is 0 Å². The summed E-state index contributed by atoms with van der Waals surface area (Å²) < 4.78 is 7.92. The molecule has 0 aliphatic heterocycles. The van der Waals surface area contributed by atoms with Gasteiger partial charge in [-0.1, -0.05) is 0 Å². The third-order valence-corrected chi connectivity index (χ3v) is 3.69. The van der Waals surface area contributed by atoms with Crippen LogP contribution in [-0.2, 0) is 19.4 Å². The lowest BCUT2D eigenvalue weighted by atomic mass is 10.0. The fourth-order valence-electron chi connectivity index (χ4n) is 2.61. The van der Waals surface area contributed by atoms with Crippen LogP contribution in [0.15, 0.2) is 30.6 Å². The molecule has 3 rings (SSSR count). The zero-order valence-corrected chi connectivity index (χ0v) is 11.4. The summed E-state index contributed by atoms with van der Waals surface area (Å²) >= 11 is 0. The topological polar surface area (TPSA) is 50.8 Å². The first-order chi connectivity index (χ1) is 9.86. The molecule has 1 aromatic heterocycles. The molecule has 0 fully saturated rings. The highest BCUT2D eigenvalue weighted by molar-refractivity contribution is 5.34. The fraction of sp³-hybridized carbons (Fsp3) is 0.375. The van der Waals surface area contributed by atoms with Gasteiger partial charge in [-0.15, -0.1) is 0 Å². The summed E-state index contributed by atoms with van der Waals surface area (Å²) in [6.07, 6.45) is 6.68. The molecule has 1 aliphatic carbocycles. The first-order valence-corrected chi connectivity index (χ1v) is 7.02. The number of fused-ring (bicyclic) bond motifs is 1. The van der Waals surface area contributed by atoms with Crippen LogP contribution in [0, 0.1) is 11.3 Å². The lowest BCUT2D eigenvalue weighted by molar-refractivity contribution is 0.296. The lowest BCUT2D eigenvalue weighted by Gasteiger charge is -2.14. The monoisotopic (exact) mass is 267 g/mol. The molecule has 20 heavy (non-hydrogen) atoms. The number of benzene rings is 1. The van der Waals surface area contributed by atoms with Gasteiger partial charge in [0, 0.05) is 5.69 Å². The van der Waals surface area contributed by atoms with Crippen molar-refractivity contribution < 1.29 is 4.74 Å². The summed E-state index contributed by atoms with van der Waals surface area (Å²) in [5, 5.41) is 8.74. The number of nitriles is 1. The van der Waals surface area contributed by atoms with E-state index in [-0.39, 0.29) is 0 Å². The lowest BCUT2D eigenvalue weighted by Crippen LogP contribution is -2.12. The minimum Gasteiger partial charge on any atom is -0.492 e. The van der Waals surface area contributed by atoms with E-state index in [0.717, 1.165) is 25.1 Å². The highest BCUT2D eigenvalue weighted by atomic mass is 16.5. The van der Waals surface area contributed by atoms with Gasteiger partial charge in [-0.2, -0.15) is 5.26 Å². The van der Waals surface area contributed by atoms with Gasteiger partial charge in [0.25, 0.3) is 0 Å². The number of aryl methyl sites for hydroxylation is 1. The predicted molar refractivity (Wildman–Crippen MR) is 75.5 cm³/mol. The SMILES string of the molecule is N#Cc1ccc(OCCn2cnc3c2CCCC3)cc1. The van der Waals surface area contributed by atoms with Crippen molar-refractivity contribution in [2.75, 3.05) is 6.61 Å². The zero-order chi connectivity index (χ0) is 13.8. The van der Waals surface area contributed by atoms with Gasteiger partial charge in [-0.05, 0) is 49.9 Å². The third kappa shape index (κ3) is 2.67. The van der Waals surface area contributed by atoms with Gasteiger partial charge < -0.3 is 9.30 Å². The van der Waals surface area contributed by atoms with E-state index in [9.17, 15) is 0 Å². The minimum absolute atomic E-state index is 0.620. The van der Waals surface area contributed by atoms with Gasteiger partial charge in [-0.25, -0.2) is 4.98 Å². The molecule has 0 saturated heterocycles. The summed E-state index contributed by atoms with van der Waals surface area (Å²) in [6.45, 7) is 1.44. The predicted octanol–water partition coefficient (Wildman–Crippen LogP) is 2.71. The molecule has 4 heteroatoms. The highest BCUT2D eigenvalue weighted by Gasteiger charge is 2.14. The van der Waals surface area contributed by atoms with Crippen molar-refractivity contribution in [1.29, 1.82) is 5.26 Å². The standard InChI is InChI=1S/C16H17N3O/c17-11-13-5-7-14(8-6-13)20-10-9-19-12-18-15-3-1-2-4-16(15)19/h5-8,12H,1-4,9-10H2. The molecule has 102 valence electrons. The van der Waals surface area contributed by atoms with Crippen molar-refractivity contribution in [2.24, 2.45) is 0 Å². The van der Waals surface area contributed by atoms with Crippen molar-refractivity contribution >= 4 is 0 Å². The van der Waals surface area contributed by atoms with E-state index < -0.39 is 0 Å². The van der Waals surface area contributed by atoms with E-state index in [1.54, 1.807) is 12.1 Å². The van der Waals surface area contributed by atoms with Crippen molar-refractivity contribution in [3.05, 3.63) is 47.5 Å². The number of hydrogen-bond acceptors (Lipinski definition) is 3. The Kier molecular flexibility index (Phi) is 3.69. The summed E-state index contributed by atoms with van der Waals surface area (Å²) in [7, 11) is 0. The van der Waals surface area contributed by atoms with Crippen LogP contribution in [0.1, 0.15) is 29.8 Å². The van der Waals surface area contributed by atoms with Crippen LogP contribution in [0.2, 0.25) is 0 Å². The van der Waals surface area contributed by atoms with E-state index in [1.165, 1.54) is 24.2 Å². The average Bonchev–Trinajstić information content (AvgIpc) is 2.92. The van der Waals surface area contributed by atoms with E-state index >= 15 is 0 Å². The van der Waals surface area contributed by atoms with Gasteiger partial charge in [-0.3, -0.25) is 0 Å². The number of ether oxygens (including phenoxy) is 1. The van der Waals surface area contributed by atoms with Crippen LogP contribution in [0.25, 0.3) is 0 Å². The molecule has 0 spiro atoms. The molecule has 0 unspecified atom stereocenters. The largest absolute Gasteiger partial charge is 0.492 e. The molecule has 1 heterocycles. The molecule has 0 radical (unpaired) electrons. The van der Waals surface area contributed by atoms with E-state index in [1.807, 2.05) is 18.5 Å². The Morgan fingerprint density at radius 1 is 1.20 bits per heavy atom. The summed E-state index contributed by atoms with van der Waals surface area (Å²) in [6, 6.07) is 9.31. The number of rotatable bonds is 4. The Hall–Kier alpha value is -2.28. The van der Waals surface area contributed by atoms with Gasteiger partial charge in [0.05, 0.1) is 30.2 Å². The van der Waals surface area contributed by atoms with Gasteiger partial charge in [0.1, 0.15) is 12.4 Å². The van der Waals surface area contributed by atoms with Crippen LogP contribution in [0.4, 0.5) is 0 Å². The Balaban J connectivity index is 1.57. The third-order valence-electron chi connectivity index (χ3n) is 3.69. The van der Waals surface area contributed by atoms with E-state index in [2.05, 4.69) is 15.6 Å². The van der Waals surface area contributed by atoms with E-state index in [0.29, 0.717) is 12.2 Å². The number of aromatic nitrogens is 2. The maximum absolute atomic E-state index is 8.74. The van der Waals surface area contributed by atoms with Crippen molar-refractivity contribution in [1.82, 2.24) is 9.55 Å². The molecule has 0 N–H and O–H groups in total. The number of hydrogen-bond donors (Lipinski definition) is 0. The summed E-state index contributed by atoms with van der Waals surface area (Å²) in [5.74, 6) is 0.804. The Morgan fingerprint density at radius 3 is 2.80 bits per heavy atom. The number of nitrogens with zero attached hydrogens (tertiary/aromatic N) is 3.